The van der Waals surface area contributed by atoms with Crippen LogP contribution in [0.1, 0.15) is 23.6 Å². The molecule has 4 aromatic rings. The van der Waals surface area contributed by atoms with Crippen LogP contribution < -0.4 is 11.0 Å². The Bertz CT molecular complexity index is 1270. The molecular weight excluding hydrogens is 360 g/mol. The molecule has 5 nitrogen and oxygen atoms in total. The molecular formula is C24H22N4O. The minimum Gasteiger partial charge on any atom is -0.268 e. The van der Waals surface area contributed by atoms with Crippen molar-refractivity contribution in [2.45, 2.75) is 20.8 Å². The number of rotatable bonds is 4. The highest BCUT2D eigenvalue weighted by atomic mass is 16.1. The molecule has 1 heterocycles. The first-order valence-corrected chi connectivity index (χ1v) is 9.50. The standard InChI is InChI=1S/C24H22N4O/c1-16-13-14-22(17(2)15-16)28-23(29)20-11-7-8-12-21(20)25-24(28)27-26-18(3)19-9-5-4-6-10-19/h4-15H,1-3H3,(H,25,27)/b26-18-. The number of aromatic nitrogens is 2. The van der Waals surface area contributed by atoms with E-state index < -0.39 is 0 Å². The third kappa shape index (κ3) is 3.67. The lowest BCUT2D eigenvalue weighted by Crippen LogP contribution is -2.23. The topological polar surface area (TPSA) is 59.3 Å². The summed E-state index contributed by atoms with van der Waals surface area (Å²) in [5.74, 6) is 0.385. The van der Waals surface area contributed by atoms with Crippen molar-refractivity contribution in [2.24, 2.45) is 5.10 Å². The Hall–Kier alpha value is -3.73. The molecule has 0 amide bonds. The summed E-state index contributed by atoms with van der Waals surface area (Å²) in [7, 11) is 0. The highest BCUT2D eigenvalue weighted by Crippen LogP contribution is 2.20. The monoisotopic (exact) mass is 382 g/mol. The summed E-state index contributed by atoms with van der Waals surface area (Å²) in [4.78, 5) is 18.0. The van der Waals surface area contributed by atoms with Crippen molar-refractivity contribution in [2.75, 3.05) is 5.43 Å². The number of hydrogen-bond acceptors (Lipinski definition) is 4. The molecule has 0 unspecified atom stereocenters. The van der Waals surface area contributed by atoms with E-state index in [0.29, 0.717) is 16.9 Å². The second-order valence-electron chi connectivity index (χ2n) is 7.06. The zero-order chi connectivity index (χ0) is 20.4. The number of anilines is 1. The smallest absolute Gasteiger partial charge is 0.267 e. The predicted octanol–water partition coefficient (Wildman–Crippen LogP) is 4.84. The van der Waals surface area contributed by atoms with Crippen LogP contribution in [0.2, 0.25) is 0 Å². The van der Waals surface area contributed by atoms with Crippen LogP contribution in [0.15, 0.2) is 82.7 Å². The summed E-state index contributed by atoms with van der Waals surface area (Å²) >= 11 is 0. The van der Waals surface area contributed by atoms with E-state index in [1.165, 1.54) is 0 Å². The molecule has 1 aromatic heterocycles. The number of hydrazone groups is 1. The van der Waals surface area contributed by atoms with Crippen LogP contribution in [0.4, 0.5) is 5.95 Å². The Morgan fingerprint density at radius 2 is 1.69 bits per heavy atom. The van der Waals surface area contributed by atoms with E-state index in [4.69, 9.17) is 0 Å². The van der Waals surface area contributed by atoms with Gasteiger partial charge in [-0.1, -0.05) is 60.2 Å². The van der Waals surface area contributed by atoms with Crippen molar-refractivity contribution in [3.05, 3.63) is 99.8 Å². The average Bonchev–Trinajstić information content (AvgIpc) is 2.73. The summed E-state index contributed by atoms with van der Waals surface area (Å²) in [6.07, 6.45) is 0. The summed E-state index contributed by atoms with van der Waals surface area (Å²) < 4.78 is 1.60. The molecule has 144 valence electrons. The van der Waals surface area contributed by atoms with Gasteiger partial charge in [0.15, 0.2) is 0 Å². The number of nitrogens with one attached hydrogen (secondary N) is 1. The van der Waals surface area contributed by atoms with Crippen molar-refractivity contribution in [3.63, 3.8) is 0 Å². The van der Waals surface area contributed by atoms with Crippen LogP contribution >= 0.6 is 0 Å². The quantitative estimate of drug-likeness (QED) is 0.406. The minimum atomic E-state index is -0.127. The van der Waals surface area contributed by atoms with Crippen LogP contribution in [0.3, 0.4) is 0 Å². The third-order valence-electron chi connectivity index (χ3n) is 4.88. The van der Waals surface area contributed by atoms with Crippen LogP contribution in [0.5, 0.6) is 0 Å². The van der Waals surface area contributed by atoms with Gasteiger partial charge in [0.25, 0.3) is 5.56 Å². The van der Waals surface area contributed by atoms with Crippen molar-refractivity contribution >= 4 is 22.6 Å². The first-order chi connectivity index (χ1) is 14.0. The van der Waals surface area contributed by atoms with E-state index in [-0.39, 0.29) is 5.56 Å². The predicted molar refractivity (Wildman–Crippen MR) is 119 cm³/mol. The number of hydrogen-bond donors (Lipinski definition) is 1. The molecule has 0 aliphatic heterocycles. The first kappa shape index (κ1) is 18.6. The van der Waals surface area contributed by atoms with Gasteiger partial charge in [-0.05, 0) is 50.1 Å². The lowest BCUT2D eigenvalue weighted by molar-refractivity contribution is 0.945. The number of aryl methyl sites for hydroxylation is 2. The number of nitrogens with zero attached hydrogens (tertiary/aromatic N) is 3. The molecule has 5 heteroatoms. The Labute approximate surface area is 169 Å². The SMILES string of the molecule is C/C(=N/Nc1nc2ccccc2c(=O)n1-c1ccc(C)cc1C)c1ccccc1. The number of para-hydroxylation sites is 1. The Balaban J connectivity index is 1.89. The maximum absolute atomic E-state index is 13.3. The molecule has 0 bridgehead atoms. The van der Waals surface area contributed by atoms with E-state index in [1.807, 2.05) is 81.4 Å². The fourth-order valence-corrected chi connectivity index (χ4v) is 3.37. The van der Waals surface area contributed by atoms with Gasteiger partial charge in [0.2, 0.25) is 5.95 Å². The molecule has 0 spiro atoms. The molecule has 0 radical (unpaired) electrons. The Morgan fingerprint density at radius 1 is 0.966 bits per heavy atom. The van der Waals surface area contributed by atoms with Gasteiger partial charge in [0.1, 0.15) is 0 Å². The molecule has 29 heavy (non-hydrogen) atoms. The Kier molecular flexibility index (Phi) is 4.96. The highest BCUT2D eigenvalue weighted by molar-refractivity contribution is 5.99. The lowest BCUT2D eigenvalue weighted by atomic mass is 10.1. The van der Waals surface area contributed by atoms with Crippen LogP contribution in [-0.2, 0) is 0 Å². The maximum atomic E-state index is 13.3. The summed E-state index contributed by atoms with van der Waals surface area (Å²) in [5.41, 5.74) is 8.26. The molecule has 0 fully saturated rings. The van der Waals surface area contributed by atoms with E-state index in [0.717, 1.165) is 28.1 Å². The van der Waals surface area contributed by atoms with E-state index >= 15 is 0 Å². The van der Waals surface area contributed by atoms with Gasteiger partial charge >= 0.3 is 0 Å². The molecule has 3 aromatic carbocycles. The van der Waals surface area contributed by atoms with Gasteiger partial charge in [0, 0.05) is 0 Å². The number of fused-ring (bicyclic) bond motifs is 1. The molecule has 0 saturated carbocycles. The largest absolute Gasteiger partial charge is 0.268 e. The van der Waals surface area contributed by atoms with Gasteiger partial charge in [-0.2, -0.15) is 5.10 Å². The van der Waals surface area contributed by atoms with E-state index in [9.17, 15) is 4.79 Å². The van der Waals surface area contributed by atoms with Crippen LogP contribution in [0.25, 0.3) is 16.6 Å². The van der Waals surface area contributed by atoms with Crippen molar-refractivity contribution in [1.82, 2.24) is 9.55 Å². The molecule has 4 rings (SSSR count). The van der Waals surface area contributed by atoms with Gasteiger partial charge in [-0.25, -0.2) is 15.0 Å². The van der Waals surface area contributed by atoms with E-state index in [2.05, 4.69) is 21.6 Å². The van der Waals surface area contributed by atoms with Crippen molar-refractivity contribution in [1.29, 1.82) is 0 Å². The average molecular weight is 382 g/mol. The summed E-state index contributed by atoms with van der Waals surface area (Å²) in [5, 5.41) is 5.06. The van der Waals surface area contributed by atoms with Gasteiger partial charge in [0.05, 0.1) is 22.3 Å². The first-order valence-electron chi connectivity index (χ1n) is 9.50. The fraction of sp³-hybridized carbons (Fsp3) is 0.125. The molecule has 1 N–H and O–H groups in total. The molecule has 0 aliphatic rings. The zero-order valence-corrected chi connectivity index (χ0v) is 16.7. The third-order valence-corrected chi connectivity index (χ3v) is 4.88. The maximum Gasteiger partial charge on any atom is 0.267 e. The molecule has 0 atom stereocenters. The second kappa shape index (κ2) is 7.72. The normalized spacial score (nSPS) is 11.6. The highest BCUT2D eigenvalue weighted by Gasteiger charge is 2.14. The number of benzene rings is 3. The molecule has 0 aliphatic carbocycles. The lowest BCUT2D eigenvalue weighted by Gasteiger charge is -2.15. The van der Waals surface area contributed by atoms with Gasteiger partial charge in [-0.3, -0.25) is 4.79 Å². The fourth-order valence-electron chi connectivity index (χ4n) is 3.37. The van der Waals surface area contributed by atoms with Crippen LogP contribution in [0, 0.1) is 13.8 Å². The summed E-state index contributed by atoms with van der Waals surface area (Å²) in [6.45, 7) is 5.94. The van der Waals surface area contributed by atoms with Gasteiger partial charge in [-0.15, -0.1) is 0 Å². The van der Waals surface area contributed by atoms with Crippen molar-refractivity contribution < 1.29 is 0 Å². The Morgan fingerprint density at radius 3 is 2.45 bits per heavy atom. The van der Waals surface area contributed by atoms with E-state index in [1.54, 1.807) is 10.6 Å². The van der Waals surface area contributed by atoms with Crippen LogP contribution in [-0.4, -0.2) is 15.3 Å². The van der Waals surface area contributed by atoms with Crippen molar-refractivity contribution in [3.8, 4) is 5.69 Å². The zero-order valence-electron chi connectivity index (χ0n) is 16.7. The molecule has 0 saturated heterocycles. The van der Waals surface area contributed by atoms with Gasteiger partial charge < -0.3 is 0 Å². The second-order valence-corrected chi connectivity index (χ2v) is 7.06. The summed E-state index contributed by atoms with van der Waals surface area (Å²) in [6, 6.07) is 23.2. The minimum absolute atomic E-state index is 0.127.